The summed E-state index contributed by atoms with van der Waals surface area (Å²) in [5.41, 5.74) is 2.67. The van der Waals surface area contributed by atoms with Crippen LogP contribution in [-0.2, 0) is 9.53 Å². The first-order valence-electron chi connectivity index (χ1n) is 10.0. The molecule has 1 aromatic heterocycles. The highest BCUT2D eigenvalue weighted by atomic mass is 32.1. The van der Waals surface area contributed by atoms with E-state index in [1.165, 1.54) is 17.8 Å². The first kappa shape index (κ1) is 19.2. The molecule has 28 heavy (non-hydrogen) atoms. The van der Waals surface area contributed by atoms with Crippen molar-refractivity contribution < 1.29 is 14.3 Å². The third-order valence-corrected chi connectivity index (χ3v) is 6.83. The third-order valence-electron chi connectivity index (χ3n) is 5.58. The first-order chi connectivity index (χ1) is 13.6. The van der Waals surface area contributed by atoms with Gasteiger partial charge in [-0.25, -0.2) is 0 Å². The maximum atomic E-state index is 13.3. The van der Waals surface area contributed by atoms with E-state index in [0.29, 0.717) is 23.8 Å². The van der Waals surface area contributed by atoms with Gasteiger partial charge >= 0.3 is 0 Å². The lowest BCUT2D eigenvalue weighted by Gasteiger charge is -2.27. The van der Waals surface area contributed by atoms with Crippen molar-refractivity contribution in [2.45, 2.75) is 32.6 Å². The summed E-state index contributed by atoms with van der Waals surface area (Å²) in [5.74, 6) is -0.153. The lowest BCUT2D eigenvalue weighted by Crippen LogP contribution is -2.36. The number of likely N-dealkylation sites (tertiary alicyclic amines) is 1. The molecule has 1 aromatic carbocycles. The number of carbonyl (C=O) groups is 2. The number of hydrogen-bond donors (Lipinski definition) is 1. The number of amides is 2. The number of nitrogens with one attached hydrogen (secondary N) is 1. The molecule has 1 N–H and O–H groups in total. The highest BCUT2D eigenvalue weighted by Crippen LogP contribution is 2.41. The zero-order chi connectivity index (χ0) is 19.5. The molecule has 3 heterocycles. The fourth-order valence-corrected chi connectivity index (χ4v) is 5.14. The van der Waals surface area contributed by atoms with Crippen molar-refractivity contribution in [1.29, 1.82) is 0 Å². The van der Waals surface area contributed by atoms with Gasteiger partial charge < -0.3 is 15.0 Å². The van der Waals surface area contributed by atoms with Crippen LogP contribution in [0.15, 0.2) is 30.3 Å². The molecule has 0 radical (unpaired) electrons. The highest BCUT2D eigenvalue weighted by molar-refractivity contribution is 7.20. The number of rotatable bonds is 4. The maximum Gasteiger partial charge on any atom is 0.257 e. The van der Waals surface area contributed by atoms with E-state index in [1.54, 1.807) is 0 Å². The Morgan fingerprint density at radius 1 is 1.14 bits per heavy atom. The van der Waals surface area contributed by atoms with Gasteiger partial charge in [-0.3, -0.25) is 9.59 Å². The molecule has 6 heteroatoms. The van der Waals surface area contributed by atoms with Crippen molar-refractivity contribution in [2.75, 3.05) is 31.6 Å². The summed E-state index contributed by atoms with van der Waals surface area (Å²) in [6, 6.07) is 10.1. The molecule has 0 spiro atoms. The predicted molar refractivity (Wildman–Crippen MR) is 112 cm³/mol. The van der Waals surface area contributed by atoms with E-state index in [2.05, 4.69) is 5.32 Å². The monoisotopic (exact) mass is 398 g/mol. The number of hydrogen-bond acceptors (Lipinski definition) is 4. The zero-order valence-corrected chi connectivity index (χ0v) is 17.0. The number of ether oxygens (including phenoxy) is 1. The van der Waals surface area contributed by atoms with E-state index in [9.17, 15) is 9.59 Å². The average Bonchev–Trinajstić information content (AvgIpc) is 3.37. The normalized spacial score (nSPS) is 19.6. The van der Waals surface area contributed by atoms with Crippen LogP contribution < -0.4 is 5.32 Å². The maximum absolute atomic E-state index is 13.3. The molecule has 2 amide bonds. The number of piperidine rings is 1. The summed E-state index contributed by atoms with van der Waals surface area (Å²) in [7, 11) is 0. The Morgan fingerprint density at radius 2 is 1.89 bits per heavy atom. The zero-order valence-electron chi connectivity index (χ0n) is 16.2. The molecule has 0 aliphatic carbocycles. The van der Waals surface area contributed by atoms with Crippen LogP contribution in [0.1, 0.15) is 41.6 Å². The summed E-state index contributed by atoms with van der Waals surface area (Å²) in [6.45, 7) is 4.65. The molecular weight excluding hydrogens is 372 g/mol. The van der Waals surface area contributed by atoms with Gasteiger partial charge in [0.25, 0.3) is 5.91 Å². The van der Waals surface area contributed by atoms with Gasteiger partial charge in [0.1, 0.15) is 5.00 Å². The van der Waals surface area contributed by atoms with Gasteiger partial charge in [-0.15, -0.1) is 11.3 Å². The molecule has 148 valence electrons. The van der Waals surface area contributed by atoms with Crippen LogP contribution in [0.5, 0.6) is 0 Å². The lowest BCUT2D eigenvalue weighted by atomic mass is 10.0. The summed E-state index contributed by atoms with van der Waals surface area (Å²) in [4.78, 5) is 29.0. The van der Waals surface area contributed by atoms with E-state index >= 15 is 0 Å². The molecule has 0 saturated carbocycles. The molecule has 2 fully saturated rings. The molecule has 1 unspecified atom stereocenters. The second kappa shape index (κ2) is 8.45. The van der Waals surface area contributed by atoms with Crippen molar-refractivity contribution in [3.8, 4) is 10.4 Å². The van der Waals surface area contributed by atoms with Crippen LogP contribution in [0.4, 0.5) is 5.00 Å². The van der Waals surface area contributed by atoms with Crippen molar-refractivity contribution in [2.24, 2.45) is 5.92 Å². The minimum Gasteiger partial charge on any atom is -0.381 e. The van der Waals surface area contributed by atoms with Crippen LogP contribution in [0, 0.1) is 12.8 Å². The largest absolute Gasteiger partial charge is 0.381 e. The molecule has 2 aliphatic heterocycles. The van der Waals surface area contributed by atoms with Gasteiger partial charge in [0.2, 0.25) is 5.91 Å². The summed E-state index contributed by atoms with van der Waals surface area (Å²) >= 11 is 1.50. The Bertz CT molecular complexity index is 850. The molecule has 2 aliphatic rings. The number of anilines is 1. The van der Waals surface area contributed by atoms with Crippen molar-refractivity contribution in [3.05, 3.63) is 41.5 Å². The second-order valence-corrected chi connectivity index (χ2v) is 8.55. The Hall–Kier alpha value is -2.18. The fraction of sp³-hybridized carbons (Fsp3) is 0.455. The SMILES string of the molecule is Cc1c(-c2ccccc2)sc(NC(=O)C2CCOC2)c1C(=O)N1CCCCC1. The summed E-state index contributed by atoms with van der Waals surface area (Å²) < 4.78 is 5.35. The molecule has 2 saturated heterocycles. The van der Waals surface area contributed by atoms with Crippen LogP contribution in [0.25, 0.3) is 10.4 Å². The van der Waals surface area contributed by atoms with Crippen molar-refractivity contribution in [3.63, 3.8) is 0 Å². The van der Waals surface area contributed by atoms with Crippen LogP contribution in [0.2, 0.25) is 0 Å². The minimum absolute atomic E-state index is 0.0357. The first-order valence-corrected chi connectivity index (χ1v) is 10.8. The molecule has 1 atom stereocenters. The minimum atomic E-state index is -0.138. The van der Waals surface area contributed by atoms with Gasteiger partial charge in [0.15, 0.2) is 0 Å². The molecule has 0 bridgehead atoms. The number of benzene rings is 1. The fourth-order valence-electron chi connectivity index (χ4n) is 3.93. The number of nitrogens with zero attached hydrogens (tertiary/aromatic N) is 1. The molecule has 4 rings (SSSR count). The predicted octanol–water partition coefficient (Wildman–Crippen LogP) is 4.32. The average molecular weight is 399 g/mol. The van der Waals surface area contributed by atoms with E-state index in [4.69, 9.17) is 4.74 Å². The number of carbonyl (C=O) groups excluding carboxylic acids is 2. The van der Waals surface area contributed by atoms with Gasteiger partial charge in [-0.2, -0.15) is 0 Å². The van der Waals surface area contributed by atoms with E-state index < -0.39 is 0 Å². The standard InChI is InChI=1S/C22H26N2O3S/c1-15-18(22(26)24-11-6-3-7-12-24)21(23-20(25)17-10-13-27-14-17)28-19(15)16-8-4-2-5-9-16/h2,4-5,8-9,17H,3,6-7,10-14H2,1H3,(H,23,25). The Morgan fingerprint density at radius 3 is 2.57 bits per heavy atom. The van der Waals surface area contributed by atoms with E-state index in [0.717, 1.165) is 48.4 Å². The molecule has 2 aromatic rings. The van der Waals surface area contributed by atoms with Gasteiger partial charge in [-0.1, -0.05) is 30.3 Å². The second-order valence-electron chi connectivity index (χ2n) is 7.53. The summed E-state index contributed by atoms with van der Waals surface area (Å²) in [6.07, 6.45) is 3.99. The smallest absolute Gasteiger partial charge is 0.257 e. The summed E-state index contributed by atoms with van der Waals surface area (Å²) in [5, 5.41) is 3.73. The van der Waals surface area contributed by atoms with Crippen molar-refractivity contribution >= 4 is 28.2 Å². The van der Waals surface area contributed by atoms with Gasteiger partial charge in [0.05, 0.1) is 18.1 Å². The Balaban J connectivity index is 1.69. The van der Waals surface area contributed by atoms with Crippen LogP contribution in [-0.4, -0.2) is 43.0 Å². The molecule has 5 nitrogen and oxygen atoms in total. The topological polar surface area (TPSA) is 58.6 Å². The number of thiophene rings is 1. The highest BCUT2D eigenvalue weighted by Gasteiger charge is 2.30. The Kier molecular flexibility index (Phi) is 5.78. The molecular formula is C22H26N2O3S. The van der Waals surface area contributed by atoms with Gasteiger partial charge in [0, 0.05) is 24.6 Å². The van der Waals surface area contributed by atoms with E-state index in [1.807, 2.05) is 42.2 Å². The van der Waals surface area contributed by atoms with Crippen LogP contribution in [0.3, 0.4) is 0 Å². The quantitative estimate of drug-likeness (QED) is 0.834. The third kappa shape index (κ3) is 3.84. The van der Waals surface area contributed by atoms with Crippen LogP contribution >= 0.6 is 11.3 Å². The van der Waals surface area contributed by atoms with Gasteiger partial charge in [-0.05, 0) is 43.7 Å². The van der Waals surface area contributed by atoms with Crippen molar-refractivity contribution in [1.82, 2.24) is 4.90 Å². The lowest BCUT2D eigenvalue weighted by molar-refractivity contribution is -0.119. The van der Waals surface area contributed by atoms with E-state index in [-0.39, 0.29) is 17.7 Å². The Labute approximate surface area is 169 Å².